The van der Waals surface area contributed by atoms with Crippen molar-refractivity contribution in [1.82, 2.24) is 0 Å². The minimum atomic E-state index is -0.420. The molecule has 1 aromatic rings. The molecule has 1 aromatic carbocycles. The second-order valence-corrected chi connectivity index (χ2v) is 5.12. The zero-order valence-electron chi connectivity index (χ0n) is 11.0. The Morgan fingerprint density at radius 3 is 2.33 bits per heavy atom. The molecule has 100 valence electrons. The van der Waals surface area contributed by atoms with E-state index in [2.05, 4.69) is 17.0 Å². The third-order valence-electron chi connectivity index (χ3n) is 3.81. The average molecular weight is 249 g/mol. The highest BCUT2D eigenvalue weighted by Crippen LogP contribution is 2.28. The molecule has 0 aromatic heterocycles. The fourth-order valence-corrected chi connectivity index (χ4v) is 2.79. The quantitative estimate of drug-likeness (QED) is 0.842. The molecule has 0 aliphatic heterocycles. The molecule has 0 bridgehead atoms. The lowest BCUT2D eigenvalue weighted by molar-refractivity contribution is 0.199. The molecule has 18 heavy (non-hydrogen) atoms. The van der Waals surface area contributed by atoms with Gasteiger partial charge in [-0.1, -0.05) is 25.0 Å². The van der Waals surface area contributed by atoms with E-state index in [1.54, 1.807) is 6.92 Å². The monoisotopic (exact) mass is 249 g/mol. The highest BCUT2D eigenvalue weighted by Gasteiger charge is 2.22. The molecule has 1 saturated carbocycles. The summed E-state index contributed by atoms with van der Waals surface area (Å²) in [5.74, 6) is 0. The van der Waals surface area contributed by atoms with Gasteiger partial charge in [-0.05, 0) is 37.5 Å². The summed E-state index contributed by atoms with van der Waals surface area (Å²) >= 11 is 0. The molecule has 0 radical (unpaired) electrons. The molecule has 1 unspecified atom stereocenters. The summed E-state index contributed by atoms with van der Waals surface area (Å²) in [6.07, 6.45) is 4.60. The van der Waals surface area contributed by atoms with E-state index >= 15 is 0 Å². The van der Waals surface area contributed by atoms with Crippen LogP contribution < -0.4 is 4.90 Å². The van der Waals surface area contributed by atoms with Crippen LogP contribution in [0.1, 0.15) is 44.3 Å². The molecule has 1 aliphatic rings. The smallest absolute Gasteiger partial charge is 0.0761 e. The molecule has 3 nitrogen and oxygen atoms in total. The predicted molar refractivity (Wildman–Crippen MR) is 73.8 cm³/mol. The first-order valence-corrected chi connectivity index (χ1v) is 6.88. The summed E-state index contributed by atoms with van der Waals surface area (Å²) < 4.78 is 0. The molecular formula is C15H23NO2. The van der Waals surface area contributed by atoms with Gasteiger partial charge in [0.15, 0.2) is 0 Å². The van der Waals surface area contributed by atoms with Crippen molar-refractivity contribution in [2.45, 2.75) is 44.8 Å². The zero-order chi connectivity index (χ0) is 13.0. The first kappa shape index (κ1) is 13.4. The Bertz CT molecular complexity index is 355. The number of hydrogen-bond donors (Lipinski definition) is 2. The Labute approximate surface area is 109 Å². The van der Waals surface area contributed by atoms with Gasteiger partial charge in [0.25, 0.3) is 0 Å². The van der Waals surface area contributed by atoms with Gasteiger partial charge in [-0.15, -0.1) is 0 Å². The van der Waals surface area contributed by atoms with Crippen molar-refractivity contribution in [3.63, 3.8) is 0 Å². The topological polar surface area (TPSA) is 43.7 Å². The lowest BCUT2D eigenvalue weighted by atomic mass is 10.1. The SMILES string of the molecule is CC(O)c1ccc(N(CCO)C2CCCC2)cc1. The minimum Gasteiger partial charge on any atom is -0.395 e. The Hall–Kier alpha value is -1.06. The van der Waals surface area contributed by atoms with E-state index in [-0.39, 0.29) is 6.61 Å². The molecule has 3 heteroatoms. The van der Waals surface area contributed by atoms with Crippen molar-refractivity contribution < 1.29 is 10.2 Å². The Balaban J connectivity index is 2.14. The second kappa shape index (κ2) is 6.21. The maximum absolute atomic E-state index is 9.51. The van der Waals surface area contributed by atoms with Crippen molar-refractivity contribution in [3.05, 3.63) is 29.8 Å². The fourth-order valence-electron chi connectivity index (χ4n) is 2.79. The maximum atomic E-state index is 9.51. The first-order valence-electron chi connectivity index (χ1n) is 6.88. The van der Waals surface area contributed by atoms with Crippen molar-refractivity contribution in [3.8, 4) is 0 Å². The molecule has 1 atom stereocenters. The number of rotatable bonds is 5. The summed E-state index contributed by atoms with van der Waals surface area (Å²) in [5.41, 5.74) is 2.09. The number of aliphatic hydroxyl groups is 2. The van der Waals surface area contributed by atoms with Crippen LogP contribution in [0.2, 0.25) is 0 Å². The van der Waals surface area contributed by atoms with Crippen LogP contribution in [0.4, 0.5) is 5.69 Å². The van der Waals surface area contributed by atoms with Crippen molar-refractivity contribution in [2.75, 3.05) is 18.1 Å². The van der Waals surface area contributed by atoms with Gasteiger partial charge in [-0.2, -0.15) is 0 Å². The van der Waals surface area contributed by atoms with E-state index in [0.29, 0.717) is 12.6 Å². The predicted octanol–water partition coefficient (Wildman–Crippen LogP) is 2.48. The van der Waals surface area contributed by atoms with Crippen molar-refractivity contribution >= 4 is 5.69 Å². The Morgan fingerprint density at radius 2 is 1.83 bits per heavy atom. The zero-order valence-corrected chi connectivity index (χ0v) is 11.0. The van der Waals surface area contributed by atoms with Gasteiger partial charge in [0.2, 0.25) is 0 Å². The molecule has 0 spiro atoms. The summed E-state index contributed by atoms with van der Waals surface area (Å²) in [7, 11) is 0. The van der Waals surface area contributed by atoms with E-state index in [1.165, 1.54) is 25.7 Å². The van der Waals surface area contributed by atoms with E-state index in [0.717, 1.165) is 11.3 Å². The van der Waals surface area contributed by atoms with Gasteiger partial charge in [0, 0.05) is 18.3 Å². The molecule has 2 N–H and O–H groups in total. The van der Waals surface area contributed by atoms with Gasteiger partial charge in [-0.25, -0.2) is 0 Å². The largest absolute Gasteiger partial charge is 0.395 e. The van der Waals surface area contributed by atoms with E-state index in [9.17, 15) is 10.2 Å². The second-order valence-electron chi connectivity index (χ2n) is 5.12. The third kappa shape index (κ3) is 3.03. The molecule has 1 aliphatic carbocycles. The van der Waals surface area contributed by atoms with Crippen LogP contribution in [0.15, 0.2) is 24.3 Å². The molecule has 0 saturated heterocycles. The van der Waals surface area contributed by atoms with E-state index in [4.69, 9.17) is 0 Å². The summed E-state index contributed by atoms with van der Waals surface area (Å²) in [6, 6.07) is 8.61. The number of anilines is 1. The van der Waals surface area contributed by atoms with Crippen LogP contribution in [0.5, 0.6) is 0 Å². The van der Waals surface area contributed by atoms with Gasteiger partial charge >= 0.3 is 0 Å². The Kier molecular flexibility index (Phi) is 4.61. The molecule has 2 rings (SSSR count). The number of nitrogens with zero attached hydrogens (tertiary/aromatic N) is 1. The van der Waals surface area contributed by atoms with E-state index in [1.807, 2.05) is 12.1 Å². The summed E-state index contributed by atoms with van der Waals surface area (Å²) in [4.78, 5) is 2.30. The highest BCUT2D eigenvalue weighted by molar-refractivity contribution is 5.49. The van der Waals surface area contributed by atoms with Crippen molar-refractivity contribution in [1.29, 1.82) is 0 Å². The van der Waals surface area contributed by atoms with Gasteiger partial charge in [0.1, 0.15) is 0 Å². The normalized spacial score (nSPS) is 17.9. The molecule has 1 fully saturated rings. The summed E-state index contributed by atoms with van der Waals surface area (Å²) in [6.45, 7) is 2.66. The number of hydrogen-bond acceptors (Lipinski definition) is 3. The molecule has 0 heterocycles. The van der Waals surface area contributed by atoms with E-state index < -0.39 is 6.10 Å². The van der Waals surface area contributed by atoms with Gasteiger partial charge < -0.3 is 15.1 Å². The maximum Gasteiger partial charge on any atom is 0.0761 e. The van der Waals surface area contributed by atoms with Gasteiger partial charge in [-0.3, -0.25) is 0 Å². The number of benzene rings is 1. The third-order valence-corrected chi connectivity index (χ3v) is 3.81. The van der Waals surface area contributed by atoms with Crippen LogP contribution in [0.3, 0.4) is 0 Å². The van der Waals surface area contributed by atoms with Crippen molar-refractivity contribution in [2.24, 2.45) is 0 Å². The average Bonchev–Trinajstić information content (AvgIpc) is 2.90. The fraction of sp³-hybridized carbons (Fsp3) is 0.600. The van der Waals surface area contributed by atoms with Crippen LogP contribution in [0, 0.1) is 0 Å². The highest BCUT2D eigenvalue weighted by atomic mass is 16.3. The minimum absolute atomic E-state index is 0.189. The van der Waals surface area contributed by atoms with Crippen LogP contribution in [-0.4, -0.2) is 29.4 Å². The van der Waals surface area contributed by atoms with Crippen LogP contribution >= 0.6 is 0 Å². The number of aliphatic hydroxyl groups excluding tert-OH is 2. The Morgan fingerprint density at radius 1 is 1.22 bits per heavy atom. The van der Waals surface area contributed by atoms with Crippen LogP contribution in [0.25, 0.3) is 0 Å². The lowest BCUT2D eigenvalue weighted by Crippen LogP contribution is -2.35. The van der Waals surface area contributed by atoms with Crippen LogP contribution in [-0.2, 0) is 0 Å². The lowest BCUT2D eigenvalue weighted by Gasteiger charge is -2.30. The standard InChI is InChI=1S/C15H23NO2/c1-12(18)13-6-8-15(9-7-13)16(10-11-17)14-4-2-3-5-14/h6-9,12,14,17-18H,2-5,10-11H2,1H3. The molecular weight excluding hydrogens is 226 g/mol. The first-order chi connectivity index (χ1) is 8.72. The molecule has 0 amide bonds. The summed E-state index contributed by atoms with van der Waals surface area (Å²) in [5, 5.41) is 18.7. The van der Waals surface area contributed by atoms with Gasteiger partial charge in [0.05, 0.1) is 12.7 Å².